The molecular weight excluding hydrogens is 246 g/mol. The Bertz CT molecular complexity index is 786. The number of benzene rings is 1. The highest BCUT2D eigenvalue weighted by atomic mass is 16.5. The maximum absolute atomic E-state index is 11.0. The van der Waals surface area contributed by atoms with Gasteiger partial charge in [0, 0.05) is 12.6 Å². The number of hydrogen-bond acceptors (Lipinski definition) is 4. The molecule has 0 saturated heterocycles. The summed E-state index contributed by atoms with van der Waals surface area (Å²) in [5.41, 5.74) is 3.04. The molecule has 6 nitrogen and oxygen atoms in total. The van der Waals surface area contributed by atoms with E-state index < -0.39 is 5.97 Å². The lowest BCUT2D eigenvalue weighted by atomic mass is 10.1. The summed E-state index contributed by atoms with van der Waals surface area (Å²) in [6, 6.07) is 7.11. The monoisotopic (exact) mass is 257 g/mol. The van der Waals surface area contributed by atoms with Crippen molar-refractivity contribution in [1.29, 1.82) is 0 Å². The number of nitrogens with zero attached hydrogens (tertiary/aromatic N) is 3. The number of aromatic nitrogens is 3. The van der Waals surface area contributed by atoms with Crippen LogP contribution in [-0.2, 0) is 7.05 Å². The Balaban J connectivity index is 2.30. The number of aryl methyl sites for hydroxylation is 2. The van der Waals surface area contributed by atoms with Crippen molar-refractivity contribution in [3.05, 3.63) is 35.7 Å². The smallest absolute Gasteiger partial charge is 0.356 e. The lowest BCUT2D eigenvalue weighted by molar-refractivity contribution is 0.0689. The number of carboxylic acid groups (broad SMARTS) is 1. The number of carboxylic acids is 1. The number of carbonyl (C=O) groups is 1. The molecule has 0 spiro atoms. The van der Waals surface area contributed by atoms with Crippen molar-refractivity contribution in [2.24, 2.45) is 7.05 Å². The third kappa shape index (κ3) is 1.69. The molecular formula is C13H11N3O3. The van der Waals surface area contributed by atoms with E-state index in [1.807, 2.05) is 25.1 Å². The first-order valence-electron chi connectivity index (χ1n) is 5.70. The summed E-state index contributed by atoms with van der Waals surface area (Å²) < 4.78 is 6.76. The fourth-order valence-electron chi connectivity index (χ4n) is 2.18. The molecule has 0 unspecified atom stereocenters. The minimum absolute atomic E-state index is 0.0172. The van der Waals surface area contributed by atoms with Crippen molar-refractivity contribution in [1.82, 2.24) is 14.9 Å². The number of fused-ring (bicyclic) bond motifs is 1. The Kier molecular flexibility index (Phi) is 2.38. The van der Waals surface area contributed by atoms with Crippen LogP contribution >= 0.6 is 0 Å². The average molecular weight is 257 g/mol. The molecule has 3 rings (SSSR count). The Hall–Kier alpha value is -2.63. The predicted octanol–water partition coefficient (Wildman–Crippen LogP) is 2.23. The second kappa shape index (κ2) is 3.94. The average Bonchev–Trinajstić information content (AvgIpc) is 2.94. The van der Waals surface area contributed by atoms with Crippen molar-refractivity contribution in [2.45, 2.75) is 6.92 Å². The number of aromatic carboxylic acids is 1. The third-order valence-corrected chi connectivity index (χ3v) is 3.04. The highest BCUT2D eigenvalue weighted by Gasteiger charge is 2.17. The minimum atomic E-state index is -1.05. The quantitative estimate of drug-likeness (QED) is 0.761. The summed E-state index contributed by atoms with van der Waals surface area (Å²) in [7, 11) is 1.71. The van der Waals surface area contributed by atoms with Gasteiger partial charge in [-0.3, -0.25) is 4.68 Å². The summed E-state index contributed by atoms with van der Waals surface area (Å²) >= 11 is 0. The van der Waals surface area contributed by atoms with Gasteiger partial charge in [0.25, 0.3) is 0 Å². The van der Waals surface area contributed by atoms with Crippen LogP contribution in [0, 0.1) is 6.92 Å². The van der Waals surface area contributed by atoms with E-state index in [2.05, 4.69) is 10.3 Å². The van der Waals surface area contributed by atoms with E-state index in [1.165, 1.54) is 0 Å². The molecule has 1 N–H and O–H groups in total. The summed E-state index contributed by atoms with van der Waals surface area (Å²) in [5.74, 6) is -1.05. The Morgan fingerprint density at radius 1 is 1.42 bits per heavy atom. The van der Waals surface area contributed by atoms with Gasteiger partial charge in [-0.1, -0.05) is 17.3 Å². The molecule has 0 saturated carbocycles. The summed E-state index contributed by atoms with van der Waals surface area (Å²) in [4.78, 5) is 11.0. The van der Waals surface area contributed by atoms with Crippen LogP contribution in [0.15, 0.2) is 28.8 Å². The first kappa shape index (κ1) is 11.5. The van der Waals surface area contributed by atoms with E-state index in [1.54, 1.807) is 17.8 Å². The lowest BCUT2D eigenvalue weighted by Crippen LogP contribution is -1.99. The second-order valence-electron chi connectivity index (χ2n) is 4.29. The molecule has 6 heteroatoms. The number of hydrogen-bond donors (Lipinski definition) is 1. The standard InChI is InChI=1S/C13H11N3O3/c1-7-12-8(4-3-5-11(12)19-15-7)10-6-9(13(17)18)14-16(10)2/h3-6H,1-2H3,(H,17,18). The first-order chi connectivity index (χ1) is 9.08. The molecule has 1 aromatic carbocycles. The molecule has 2 aromatic heterocycles. The van der Waals surface area contributed by atoms with Crippen molar-refractivity contribution in [2.75, 3.05) is 0 Å². The van der Waals surface area contributed by atoms with Crippen LogP contribution in [0.5, 0.6) is 0 Å². The molecule has 2 heterocycles. The normalized spacial score (nSPS) is 11.1. The van der Waals surface area contributed by atoms with Gasteiger partial charge in [-0.15, -0.1) is 0 Å². The molecule has 0 aliphatic carbocycles. The first-order valence-corrected chi connectivity index (χ1v) is 5.70. The Morgan fingerprint density at radius 3 is 2.89 bits per heavy atom. The van der Waals surface area contributed by atoms with Gasteiger partial charge in [0.15, 0.2) is 11.3 Å². The molecule has 0 fully saturated rings. The van der Waals surface area contributed by atoms with E-state index in [0.29, 0.717) is 11.3 Å². The van der Waals surface area contributed by atoms with Gasteiger partial charge < -0.3 is 9.63 Å². The van der Waals surface area contributed by atoms with Crippen LogP contribution < -0.4 is 0 Å². The van der Waals surface area contributed by atoms with E-state index in [0.717, 1.165) is 16.6 Å². The maximum atomic E-state index is 11.0. The zero-order chi connectivity index (χ0) is 13.6. The molecule has 0 amide bonds. The highest BCUT2D eigenvalue weighted by Crippen LogP contribution is 2.30. The van der Waals surface area contributed by atoms with Gasteiger partial charge in [-0.2, -0.15) is 5.10 Å². The number of rotatable bonds is 2. The molecule has 0 aliphatic rings. The molecule has 0 atom stereocenters. The lowest BCUT2D eigenvalue weighted by Gasteiger charge is -2.03. The van der Waals surface area contributed by atoms with E-state index in [4.69, 9.17) is 9.63 Å². The van der Waals surface area contributed by atoms with Crippen LogP contribution in [-0.4, -0.2) is 26.0 Å². The van der Waals surface area contributed by atoms with Gasteiger partial charge in [-0.05, 0) is 19.1 Å². The Labute approximate surface area is 108 Å². The van der Waals surface area contributed by atoms with E-state index in [9.17, 15) is 4.79 Å². The fraction of sp³-hybridized carbons (Fsp3) is 0.154. The Morgan fingerprint density at radius 2 is 2.21 bits per heavy atom. The van der Waals surface area contributed by atoms with Crippen molar-refractivity contribution in [3.63, 3.8) is 0 Å². The van der Waals surface area contributed by atoms with Crippen molar-refractivity contribution < 1.29 is 14.4 Å². The largest absolute Gasteiger partial charge is 0.476 e. The zero-order valence-electron chi connectivity index (χ0n) is 10.4. The van der Waals surface area contributed by atoms with E-state index in [-0.39, 0.29) is 5.69 Å². The zero-order valence-corrected chi connectivity index (χ0v) is 10.4. The second-order valence-corrected chi connectivity index (χ2v) is 4.29. The van der Waals surface area contributed by atoms with Gasteiger partial charge in [0.1, 0.15) is 0 Å². The maximum Gasteiger partial charge on any atom is 0.356 e. The van der Waals surface area contributed by atoms with Crippen molar-refractivity contribution in [3.8, 4) is 11.3 Å². The van der Waals surface area contributed by atoms with Crippen LogP contribution in [0.4, 0.5) is 0 Å². The fourth-order valence-corrected chi connectivity index (χ4v) is 2.18. The van der Waals surface area contributed by atoms with Gasteiger partial charge >= 0.3 is 5.97 Å². The molecule has 0 radical (unpaired) electrons. The molecule has 0 aliphatic heterocycles. The van der Waals surface area contributed by atoms with E-state index >= 15 is 0 Å². The molecule has 96 valence electrons. The molecule has 3 aromatic rings. The van der Waals surface area contributed by atoms with Gasteiger partial charge in [0.05, 0.1) is 16.8 Å². The predicted molar refractivity (Wildman–Crippen MR) is 67.9 cm³/mol. The summed E-state index contributed by atoms with van der Waals surface area (Å²) in [6.07, 6.45) is 0. The van der Waals surface area contributed by atoms with Crippen LogP contribution in [0.3, 0.4) is 0 Å². The highest BCUT2D eigenvalue weighted by molar-refractivity contribution is 5.96. The van der Waals surface area contributed by atoms with Crippen molar-refractivity contribution >= 4 is 16.9 Å². The SMILES string of the molecule is Cc1noc2cccc(-c3cc(C(=O)O)nn3C)c12. The topological polar surface area (TPSA) is 81.2 Å². The minimum Gasteiger partial charge on any atom is -0.476 e. The van der Waals surface area contributed by atoms with Gasteiger partial charge in [0.2, 0.25) is 0 Å². The van der Waals surface area contributed by atoms with Crippen LogP contribution in [0.1, 0.15) is 16.2 Å². The molecule has 0 bridgehead atoms. The molecule has 19 heavy (non-hydrogen) atoms. The third-order valence-electron chi connectivity index (χ3n) is 3.04. The van der Waals surface area contributed by atoms with Gasteiger partial charge in [-0.25, -0.2) is 4.79 Å². The van der Waals surface area contributed by atoms with Crippen LogP contribution in [0.2, 0.25) is 0 Å². The van der Waals surface area contributed by atoms with Crippen LogP contribution in [0.25, 0.3) is 22.2 Å². The summed E-state index contributed by atoms with van der Waals surface area (Å²) in [6.45, 7) is 1.85. The summed E-state index contributed by atoms with van der Waals surface area (Å²) in [5, 5.41) is 17.8.